The third-order valence-electron chi connectivity index (χ3n) is 2.07. The van der Waals surface area contributed by atoms with Crippen LogP contribution in [0.1, 0.15) is 20.3 Å². The molecule has 0 aliphatic carbocycles. The van der Waals surface area contributed by atoms with E-state index in [1.807, 2.05) is 30.3 Å². The van der Waals surface area contributed by atoms with Gasteiger partial charge in [-0.15, -0.1) is 0 Å². The van der Waals surface area contributed by atoms with Gasteiger partial charge in [-0.2, -0.15) is 0 Å². The van der Waals surface area contributed by atoms with Gasteiger partial charge in [0.25, 0.3) is 0 Å². The number of thioether (sulfide) groups is 1. The number of halogens is 1. The summed E-state index contributed by atoms with van der Waals surface area (Å²) in [6, 6.07) is 9.16. The molecule has 0 aliphatic heterocycles. The molecule has 0 fully saturated rings. The van der Waals surface area contributed by atoms with E-state index in [1.165, 1.54) is 11.8 Å². The van der Waals surface area contributed by atoms with Crippen LogP contribution in [-0.4, -0.2) is 11.5 Å². The topological polar surface area (TPSA) is 26.0 Å². The van der Waals surface area contributed by atoms with Crippen LogP contribution in [0.3, 0.4) is 0 Å². The molecule has 0 saturated heterocycles. The van der Waals surface area contributed by atoms with Crippen molar-refractivity contribution in [2.24, 2.45) is 11.7 Å². The van der Waals surface area contributed by atoms with Gasteiger partial charge in [-0.3, -0.25) is 0 Å². The lowest BCUT2D eigenvalue weighted by molar-refractivity contribution is 0.348. The van der Waals surface area contributed by atoms with E-state index in [9.17, 15) is 4.39 Å². The maximum absolute atomic E-state index is 13.7. The Bertz CT molecular complexity index is 276. The molecule has 1 aromatic carbocycles. The zero-order chi connectivity index (χ0) is 11.3. The van der Waals surface area contributed by atoms with E-state index in [2.05, 4.69) is 13.8 Å². The van der Waals surface area contributed by atoms with Gasteiger partial charge in [0, 0.05) is 10.9 Å². The van der Waals surface area contributed by atoms with E-state index < -0.39 is 5.50 Å². The van der Waals surface area contributed by atoms with Gasteiger partial charge in [-0.25, -0.2) is 4.39 Å². The highest BCUT2D eigenvalue weighted by molar-refractivity contribution is 7.99. The Balaban J connectivity index is 2.45. The Morgan fingerprint density at radius 3 is 2.40 bits per heavy atom. The van der Waals surface area contributed by atoms with Gasteiger partial charge in [0.15, 0.2) is 5.50 Å². The first-order valence-corrected chi connectivity index (χ1v) is 6.09. The standard InChI is InChI=1S/C12H18FNS/c1-9(2)8-11(14)12(13)15-10-6-4-3-5-7-10/h3-7,9,11-12H,8,14H2,1-2H3/t11-,12?/m0/s1. The monoisotopic (exact) mass is 227 g/mol. The van der Waals surface area contributed by atoms with Gasteiger partial charge < -0.3 is 5.73 Å². The van der Waals surface area contributed by atoms with Crippen molar-refractivity contribution in [1.29, 1.82) is 0 Å². The summed E-state index contributed by atoms with van der Waals surface area (Å²) in [6.45, 7) is 4.11. The Morgan fingerprint density at radius 1 is 1.27 bits per heavy atom. The number of alkyl halides is 1. The first-order valence-electron chi connectivity index (χ1n) is 5.21. The zero-order valence-electron chi connectivity index (χ0n) is 9.19. The molecule has 2 N–H and O–H groups in total. The number of hydrogen-bond donors (Lipinski definition) is 1. The molecule has 15 heavy (non-hydrogen) atoms. The van der Waals surface area contributed by atoms with Crippen molar-refractivity contribution in [3.05, 3.63) is 30.3 Å². The van der Waals surface area contributed by atoms with Crippen molar-refractivity contribution >= 4 is 11.8 Å². The number of rotatable bonds is 5. The molecule has 84 valence electrons. The summed E-state index contributed by atoms with van der Waals surface area (Å²) < 4.78 is 13.7. The summed E-state index contributed by atoms with van der Waals surface area (Å²) in [5.41, 5.74) is 4.75. The molecule has 0 heterocycles. The number of hydrogen-bond acceptors (Lipinski definition) is 2. The van der Waals surface area contributed by atoms with Crippen molar-refractivity contribution in [3.8, 4) is 0 Å². The Morgan fingerprint density at radius 2 is 1.87 bits per heavy atom. The lowest BCUT2D eigenvalue weighted by atomic mass is 10.1. The van der Waals surface area contributed by atoms with Gasteiger partial charge in [0.2, 0.25) is 0 Å². The van der Waals surface area contributed by atoms with E-state index in [0.29, 0.717) is 5.92 Å². The van der Waals surface area contributed by atoms with Crippen molar-refractivity contribution in [2.45, 2.75) is 36.7 Å². The quantitative estimate of drug-likeness (QED) is 0.780. The molecule has 1 aromatic rings. The summed E-state index contributed by atoms with van der Waals surface area (Å²) in [5, 5.41) is 0. The van der Waals surface area contributed by atoms with Crippen LogP contribution in [0.25, 0.3) is 0 Å². The minimum atomic E-state index is -1.02. The molecule has 0 aromatic heterocycles. The number of benzene rings is 1. The van der Waals surface area contributed by atoms with Crippen molar-refractivity contribution in [2.75, 3.05) is 0 Å². The van der Waals surface area contributed by atoms with Crippen LogP contribution in [0.15, 0.2) is 35.2 Å². The lowest BCUT2D eigenvalue weighted by Gasteiger charge is -2.17. The maximum atomic E-state index is 13.7. The van der Waals surface area contributed by atoms with E-state index in [0.717, 1.165) is 11.3 Å². The molecular weight excluding hydrogens is 209 g/mol. The molecule has 0 spiro atoms. The van der Waals surface area contributed by atoms with E-state index in [-0.39, 0.29) is 6.04 Å². The maximum Gasteiger partial charge on any atom is 0.165 e. The minimum Gasteiger partial charge on any atom is -0.324 e. The molecule has 1 rings (SSSR count). The predicted octanol–water partition coefficient (Wildman–Crippen LogP) is 3.45. The van der Waals surface area contributed by atoms with Gasteiger partial charge in [0.1, 0.15) is 0 Å². The SMILES string of the molecule is CC(C)C[C@H](N)C(F)Sc1ccccc1. The molecule has 3 heteroatoms. The van der Waals surface area contributed by atoms with E-state index in [1.54, 1.807) is 0 Å². The summed E-state index contributed by atoms with van der Waals surface area (Å²) in [7, 11) is 0. The van der Waals surface area contributed by atoms with Crippen LogP contribution in [0.2, 0.25) is 0 Å². The average Bonchev–Trinajstić information content (AvgIpc) is 2.18. The van der Waals surface area contributed by atoms with Crippen molar-refractivity contribution in [1.82, 2.24) is 0 Å². The van der Waals surface area contributed by atoms with Crippen molar-refractivity contribution in [3.63, 3.8) is 0 Å². The van der Waals surface area contributed by atoms with Gasteiger partial charge in [0.05, 0.1) is 0 Å². The second-order valence-corrected chi connectivity index (χ2v) is 5.23. The van der Waals surface area contributed by atoms with E-state index >= 15 is 0 Å². The molecular formula is C12H18FNS. The van der Waals surface area contributed by atoms with Crippen LogP contribution in [-0.2, 0) is 0 Å². The minimum absolute atomic E-state index is 0.379. The largest absolute Gasteiger partial charge is 0.324 e. The fourth-order valence-corrected chi connectivity index (χ4v) is 2.23. The number of nitrogens with two attached hydrogens (primary N) is 1. The van der Waals surface area contributed by atoms with Gasteiger partial charge in [-0.1, -0.05) is 43.8 Å². The summed E-state index contributed by atoms with van der Waals surface area (Å²) >= 11 is 1.20. The van der Waals surface area contributed by atoms with Crippen LogP contribution in [0.4, 0.5) is 4.39 Å². The van der Waals surface area contributed by atoms with Crippen LogP contribution in [0.5, 0.6) is 0 Å². The molecule has 1 nitrogen and oxygen atoms in total. The van der Waals surface area contributed by atoms with Gasteiger partial charge >= 0.3 is 0 Å². The lowest BCUT2D eigenvalue weighted by Crippen LogP contribution is -2.30. The normalized spacial score (nSPS) is 15.3. The average molecular weight is 227 g/mol. The summed E-state index contributed by atoms with van der Waals surface area (Å²) in [5.74, 6) is 0.439. The first kappa shape index (κ1) is 12.5. The third-order valence-corrected chi connectivity index (χ3v) is 3.19. The summed E-state index contributed by atoms with van der Waals surface area (Å²) in [6.07, 6.45) is 0.723. The third kappa shape index (κ3) is 4.67. The Labute approximate surface area is 95.2 Å². The van der Waals surface area contributed by atoms with E-state index in [4.69, 9.17) is 5.73 Å². The van der Waals surface area contributed by atoms with Crippen molar-refractivity contribution < 1.29 is 4.39 Å². The fraction of sp³-hybridized carbons (Fsp3) is 0.500. The molecule has 0 amide bonds. The zero-order valence-corrected chi connectivity index (χ0v) is 10.0. The predicted molar refractivity (Wildman–Crippen MR) is 64.6 cm³/mol. The Kier molecular flexibility index (Phi) is 5.12. The molecule has 0 saturated carbocycles. The highest BCUT2D eigenvalue weighted by Gasteiger charge is 2.18. The van der Waals surface area contributed by atoms with Gasteiger partial charge in [-0.05, 0) is 24.5 Å². The highest BCUT2D eigenvalue weighted by atomic mass is 32.2. The molecule has 2 atom stereocenters. The molecule has 0 radical (unpaired) electrons. The first-order chi connectivity index (χ1) is 7.09. The second-order valence-electron chi connectivity index (χ2n) is 4.08. The van der Waals surface area contributed by atoms with Crippen LogP contribution >= 0.6 is 11.8 Å². The Hall–Kier alpha value is -0.540. The molecule has 0 bridgehead atoms. The fourth-order valence-electron chi connectivity index (χ4n) is 1.37. The second kappa shape index (κ2) is 6.13. The highest BCUT2D eigenvalue weighted by Crippen LogP contribution is 2.27. The summed E-state index contributed by atoms with van der Waals surface area (Å²) in [4.78, 5) is 0.934. The smallest absolute Gasteiger partial charge is 0.165 e. The molecule has 0 aliphatic rings. The van der Waals surface area contributed by atoms with Crippen LogP contribution in [0, 0.1) is 5.92 Å². The molecule has 1 unspecified atom stereocenters. The van der Waals surface area contributed by atoms with Crippen LogP contribution < -0.4 is 5.73 Å².